The van der Waals surface area contributed by atoms with Crippen LogP contribution >= 0.6 is 11.6 Å². The Morgan fingerprint density at radius 3 is 2.62 bits per heavy atom. The van der Waals surface area contributed by atoms with E-state index in [1.165, 1.54) is 0 Å². The van der Waals surface area contributed by atoms with E-state index in [0.29, 0.717) is 34.5 Å². The summed E-state index contributed by atoms with van der Waals surface area (Å²) in [6, 6.07) is 22.7. The van der Waals surface area contributed by atoms with E-state index in [0.717, 1.165) is 32.9 Å². The number of halogens is 1. The standard InChI is InChI=1S/C27H22ClN3O3/c1-33-18-10-11-24(34-2)21(13-18)26-25-20(19-8-3-4-9-22(19)30-25)14-23(31-26)27(32)29-15-16-6-5-7-17(28)12-16/h3-14,30H,15H2,1-2H3,(H,29,32). The Morgan fingerprint density at radius 1 is 0.971 bits per heavy atom. The summed E-state index contributed by atoms with van der Waals surface area (Å²) in [5, 5.41) is 5.48. The van der Waals surface area contributed by atoms with Crippen molar-refractivity contribution in [3.63, 3.8) is 0 Å². The van der Waals surface area contributed by atoms with Gasteiger partial charge in [-0.25, -0.2) is 4.98 Å². The SMILES string of the molecule is COc1ccc(OC)c(-c2nc(C(=O)NCc3cccc(Cl)c3)cc3c2[nH]c2ccccc23)c1. The maximum Gasteiger partial charge on any atom is 0.270 e. The third-order valence-electron chi connectivity index (χ3n) is 5.73. The van der Waals surface area contributed by atoms with Crippen LogP contribution in [0, 0.1) is 0 Å². The maximum absolute atomic E-state index is 13.2. The topological polar surface area (TPSA) is 76.2 Å². The zero-order valence-electron chi connectivity index (χ0n) is 18.7. The molecule has 2 aromatic heterocycles. The number of pyridine rings is 1. The molecule has 0 atom stereocenters. The van der Waals surface area contributed by atoms with E-state index >= 15 is 0 Å². The van der Waals surface area contributed by atoms with Crippen molar-refractivity contribution in [1.29, 1.82) is 0 Å². The molecule has 7 heteroatoms. The number of aromatic amines is 1. The summed E-state index contributed by atoms with van der Waals surface area (Å²) in [7, 11) is 3.21. The molecule has 2 N–H and O–H groups in total. The highest BCUT2D eigenvalue weighted by Crippen LogP contribution is 2.38. The van der Waals surface area contributed by atoms with Crippen LogP contribution in [0.5, 0.6) is 11.5 Å². The van der Waals surface area contributed by atoms with Crippen LogP contribution in [0.1, 0.15) is 16.1 Å². The molecular formula is C27H22ClN3O3. The van der Waals surface area contributed by atoms with Crippen LogP contribution in [0.4, 0.5) is 0 Å². The number of fused-ring (bicyclic) bond motifs is 3. The number of para-hydroxylation sites is 1. The predicted molar refractivity (Wildman–Crippen MR) is 135 cm³/mol. The number of hydrogen-bond donors (Lipinski definition) is 2. The van der Waals surface area contributed by atoms with Gasteiger partial charge in [0.05, 0.1) is 25.4 Å². The van der Waals surface area contributed by atoms with Gasteiger partial charge in [-0.15, -0.1) is 0 Å². The Labute approximate surface area is 201 Å². The number of rotatable bonds is 6. The fourth-order valence-corrected chi connectivity index (χ4v) is 4.29. The van der Waals surface area contributed by atoms with Crippen LogP contribution in [-0.2, 0) is 6.54 Å². The van der Waals surface area contributed by atoms with Crippen LogP contribution in [0.15, 0.2) is 72.8 Å². The van der Waals surface area contributed by atoms with Crippen molar-refractivity contribution in [2.45, 2.75) is 6.54 Å². The van der Waals surface area contributed by atoms with Gasteiger partial charge in [-0.3, -0.25) is 4.79 Å². The monoisotopic (exact) mass is 471 g/mol. The van der Waals surface area contributed by atoms with Crippen molar-refractivity contribution < 1.29 is 14.3 Å². The molecule has 34 heavy (non-hydrogen) atoms. The molecule has 0 saturated heterocycles. The van der Waals surface area contributed by atoms with Gasteiger partial charge in [-0.05, 0) is 48.0 Å². The van der Waals surface area contributed by atoms with E-state index in [4.69, 9.17) is 26.1 Å². The smallest absolute Gasteiger partial charge is 0.270 e. The van der Waals surface area contributed by atoms with E-state index in [2.05, 4.69) is 10.3 Å². The average Bonchev–Trinajstić information content (AvgIpc) is 3.25. The molecule has 0 fully saturated rings. The predicted octanol–water partition coefficient (Wildman–Crippen LogP) is 5.98. The second-order valence-corrected chi connectivity index (χ2v) is 8.26. The van der Waals surface area contributed by atoms with Crippen molar-refractivity contribution in [3.8, 4) is 22.8 Å². The minimum Gasteiger partial charge on any atom is -0.497 e. The molecule has 6 nitrogen and oxygen atoms in total. The largest absolute Gasteiger partial charge is 0.497 e. The molecule has 0 bridgehead atoms. The molecule has 0 saturated carbocycles. The first kappa shape index (κ1) is 21.8. The highest BCUT2D eigenvalue weighted by atomic mass is 35.5. The average molecular weight is 472 g/mol. The number of aromatic nitrogens is 2. The second-order valence-electron chi connectivity index (χ2n) is 7.83. The number of nitrogens with one attached hydrogen (secondary N) is 2. The number of ether oxygens (including phenoxy) is 2. The summed E-state index contributed by atoms with van der Waals surface area (Å²) in [4.78, 5) is 21.4. The van der Waals surface area contributed by atoms with Crippen molar-refractivity contribution in [3.05, 3.63) is 89.1 Å². The van der Waals surface area contributed by atoms with Gasteiger partial charge < -0.3 is 19.8 Å². The molecule has 170 valence electrons. The van der Waals surface area contributed by atoms with E-state index in [9.17, 15) is 4.79 Å². The lowest BCUT2D eigenvalue weighted by atomic mass is 10.0. The zero-order valence-corrected chi connectivity index (χ0v) is 19.4. The summed E-state index contributed by atoms with van der Waals surface area (Å²) >= 11 is 6.08. The van der Waals surface area contributed by atoms with Crippen LogP contribution in [0.25, 0.3) is 33.1 Å². The molecular weight excluding hydrogens is 450 g/mol. The first-order valence-corrected chi connectivity index (χ1v) is 11.1. The number of hydrogen-bond acceptors (Lipinski definition) is 4. The Kier molecular flexibility index (Phi) is 5.82. The Bertz CT molecular complexity index is 1530. The third kappa shape index (κ3) is 4.04. The highest BCUT2D eigenvalue weighted by molar-refractivity contribution is 6.30. The zero-order chi connectivity index (χ0) is 23.7. The van der Waals surface area contributed by atoms with Crippen LogP contribution in [-0.4, -0.2) is 30.1 Å². The lowest BCUT2D eigenvalue weighted by Crippen LogP contribution is -2.24. The van der Waals surface area contributed by atoms with Crippen molar-refractivity contribution in [2.75, 3.05) is 14.2 Å². The fraction of sp³-hybridized carbons (Fsp3) is 0.111. The number of benzene rings is 3. The molecule has 0 unspecified atom stereocenters. The summed E-state index contributed by atoms with van der Waals surface area (Å²) in [5.74, 6) is 1.01. The number of amides is 1. The molecule has 0 aliphatic carbocycles. The Hall–Kier alpha value is -4.03. The van der Waals surface area contributed by atoms with Gasteiger partial charge in [0.1, 0.15) is 17.2 Å². The van der Waals surface area contributed by atoms with Crippen molar-refractivity contribution in [2.24, 2.45) is 0 Å². The number of carbonyl (C=O) groups is 1. The van der Waals surface area contributed by atoms with E-state index in [-0.39, 0.29) is 5.91 Å². The minimum absolute atomic E-state index is 0.282. The molecule has 0 spiro atoms. The van der Waals surface area contributed by atoms with Crippen LogP contribution in [0.3, 0.4) is 0 Å². The first-order chi connectivity index (χ1) is 16.6. The molecule has 1 amide bonds. The van der Waals surface area contributed by atoms with Gasteiger partial charge in [0.25, 0.3) is 5.91 Å². The molecule has 3 aromatic carbocycles. The summed E-state index contributed by atoms with van der Waals surface area (Å²) in [6.07, 6.45) is 0. The minimum atomic E-state index is -0.282. The number of methoxy groups -OCH3 is 2. The maximum atomic E-state index is 13.2. The summed E-state index contributed by atoms with van der Waals surface area (Å²) in [5.41, 5.74) is 4.32. The molecule has 0 radical (unpaired) electrons. The van der Waals surface area contributed by atoms with Crippen LogP contribution in [0.2, 0.25) is 5.02 Å². The van der Waals surface area contributed by atoms with E-state index in [1.807, 2.05) is 66.7 Å². The van der Waals surface area contributed by atoms with Gasteiger partial charge in [-0.1, -0.05) is 41.9 Å². The normalized spacial score (nSPS) is 11.0. The molecule has 5 aromatic rings. The highest BCUT2D eigenvalue weighted by Gasteiger charge is 2.20. The van der Waals surface area contributed by atoms with Gasteiger partial charge >= 0.3 is 0 Å². The lowest BCUT2D eigenvalue weighted by Gasteiger charge is -2.13. The number of nitrogens with zero attached hydrogens (tertiary/aromatic N) is 1. The van der Waals surface area contributed by atoms with Gasteiger partial charge in [0.2, 0.25) is 0 Å². The molecule has 2 heterocycles. The third-order valence-corrected chi connectivity index (χ3v) is 5.97. The van der Waals surface area contributed by atoms with Gasteiger partial charge in [-0.2, -0.15) is 0 Å². The quantitative estimate of drug-likeness (QED) is 0.319. The summed E-state index contributed by atoms with van der Waals surface area (Å²) in [6.45, 7) is 0.338. The first-order valence-electron chi connectivity index (χ1n) is 10.7. The van der Waals surface area contributed by atoms with Crippen molar-refractivity contribution in [1.82, 2.24) is 15.3 Å². The molecule has 0 aliphatic heterocycles. The second kappa shape index (κ2) is 9.08. The van der Waals surface area contributed by atoms with Gasteiger partial charge in [0.15, 0.2) is 0 Å². The Morgan fingerprint density at radius 2 is 1.82 bits per heavy atom. The molecule has 0 aliphatic rings. The van der Waals surface area contributed by atoms with Crippen LogP contribution < -0.4 is 14.8 Å². The van der Waals surface area contributed by atoms with Crippen molar-refractivity contribution >= 4 is 39.3 Å². The lowest BCUT2D eigenvalue weighted by molar-refractivity contribution is 0.0946. The van der Waals surface area contributed by atoms with E-state index < -0.39 is 0 Å². The fourth-order valence-electron chi connectivity index (χ4n) is 4.08. The number of carbonyl (C=O) groups excluding carboxylic acids is 1. The Balaban J connectivity index is 1.65. The van der Waals surface area contributed by atoms with Gasteiger partial charge in [0, 0.05) is 33.4 Å². The summed E-state index contributed by atoms with van der Waals surface area (Å²) < 4.78 is 11.1. The molecule has 5 rings (SSSR count). The van der Waals surface area contributed by atoms with E-state index in [1.54, 1.807) is 20.3 Å². The number of H-pyrrole nitrogens is 1.